The Labute approximate surface area is 116 Å². The van der Waals surface area contributed by atoms with E-state index in [1.807, 2.05) is 30.3 Å². The number of unbranched alkanes of at least 4 members (excludes halogenated alkanes) is 4. The molecule has 0 saturated heterocycles. The quantitative estimate of drug-likeness (QED) is 0.501. The fraction of sp³-hybridized carbons (Fsp3) is 0.600. The number of rotatable bonds is 10. The van der Waals surface area contributed by atoms with Gasteiger partial charge in [-0.25, -0.2) is 0 Å². The molecule has 0 amide bonds. The van der Waals surface area contributed by atoms with Gasteiger partial charge in [0.1, 0.15) is 5.75 Å². The van der Waals surface area contributed by atoms with Crippen molar-refractivity contribution in [2.24, 2.45) is 5.73 Å². The number of hydrogen-bond acceptors (Lipinski definition) is 3. The molecular weight excluding hydrogens is 242 g/mol. The van der Waals surface area contributed by atoms with E-state index < -0.39 is 0 Å². The first-order valence-electron chi connectivity index (χ1n) is 6.87. The van der Waals surface area contributed by atoms with Gasteiger partial charge in [0.2, 0.25) is 0 Å². The van der Waals surface area contributed by atoms with Crippen molar-refractivity contribution in [3.05, 3.63) is 30.3 Å². The maximum absolute atomic E-state index is 5.80. The second kappa shape index (κ2) is 10.3. The molecule has 0 aliphatic carbocycles. The Hall–Kier alpha value is -0.670. The zero-order valence-electron chi connectivity index (χ0n) is 11.1. The van der Waals surface area contributed by atoms with E-state index in [1.165, 1.54) is 25.7 Å². The van der Waals surface area contributed by atoms with Gasteiger partial charge in [-0.1, -0.05) is 43.9 Å². The number of hydrogen-bond donors (Lipinski definition) is 2. The molecule has 2 N–H and O–H groups in total. The standard InChI is InChI=1S/C15H25NOS/c16-14(13-18)9-5-2-1-3-8-12-17-15-10-6-4-7-11-15/h4,6-7,10-11,14,18H,1-3,5,8-9,12-13,16H2/t14-/m0/s1. The van der Waals surface area contributed by atoms with E-state index in [2.05, 4.69) is 12.6 Å². The smallest absolute Gasteiger partial charge is 0.119 e. The molecule has 0 aliphatic rings. The first-order chi connectivity index (χ1) is 8.83. The lowest BCUT2D eigenvalue weighted by atomic mass is 10.1. The van der Waals surface area contributed by atoms with Crippen molar-refractivity contribution in [1.29, 1.82) is 0 Å². The summed E-state index contributed by atoms with van der Waals surface area (Å²) in [5, 5.41) is 0. The van der Waals surface area contributed by atoms with Gasteiger partial charge in [0.05, 0.1) is 6.61 Å². The Kier molecular flexibility index (Phi) is 8.78. The van der Waals surface area contributed by atoms with E-state index in [1.54, 1.807) is 0 Å². The summed E-state index contributed by atoms with van der Waals surface area (Å²) in [6, 6.07) is 10.3. The van der Waals surface area contributed by atoms with E-state index >= 15 is 0 Å². The van der Waals surface area contributed by atoms with E-state index in [-0.39, 0.29) is 6.04 Å². The largest absolute Gasteiger partial charge is 0.494 e. The molecule has 1 rings (SSSR count). The average Bonchev–Trinajstić information content (AvgIpc) is 2.42. The number of para-hydroxylation sites is 1. The molecule has 0 aromatic heterocycles. The van der Waals surface area contributed by atoms with Crippen molar-refractivity contribution < 1.29 is 4.74 Å². The van der Waals surface area contributed by atoms with Crippen molar-refractivity contribution in [1.82, 2.24) is 0 Å². The van der Waals surface area contributed by atoms with Crippen LogP contribution in [0, 0.1) is 0 Å². The molecule has 0 aliphatic heterocycles. The highest BCUT2D eigenvalue weighted by Crippen LogP contribution is 2.11. The molecule has 0 saturated carbocycles. The minimum atomic E-state index is 0.273. The predicted molar refractivity (Wildman–Crippen MR) is 81.5 cm³/mol. The second-order valence-corrected chi connectivity index (χ2v) is 5.03. The lowest BCUT2D eigenvalue weighted by molar-refractivity contribution is 0.304. The van der Waals surface area contributed by atoms with Crippen LogP contribution in [0.15, 0.2) is 30.3 Å². The van der Waals surface area contributed by atoms with Gasteiger partial charge in [-0.15, -0.1) is 0 Å². The van der Waals surface area contributed by atoms with Crippen molar-refractivity contribution in [3.63, 3.8) is 0 Å². The van der Waals surface area contributed by atoms with Crippen molar-refractivity contribution >= 4 is 12.6 Å². The van der Waals surface area contributed by atoms with Gasteiger partial charge >= 0.3 is 0 Å². The maximum atomic E-state index is 5.80. The molecule has 102 valence electrons. The molecule has 1 aromatic rings. The first-order valence-corrected chi connectivity index (χ1v) is 7.50. The van der Waals surface area contributed by atoms with E-state index in [0.717, 1.165) is 31.0 Å². The zero-order chi connectivity index (χ0) is 13.1. The highest BCUT2D eigenvalue weighted by Gasteiger charge is 1.98. The third-order valence-corrected chi connectivity index (χ3v) is 3.43. The van der Waals surface area contributed by atoms with Crippen molar-refractivity contribution in [3.8, 4) is 5.75 Å². The summed E-state index contributed by atoms with van der Waals surface area (Å²) in [6.07, 6.45) is 7.24. The Morgan fingerprint density at radius 2 is 1.67 bits per heavy atom. The summed E-state index contributed by atoms with van der Waals surface area (Å²) in [4.78, 5) is 0. The molecular formula is C15H25NOS. The van der Waals surface area contributed by atoms with Crippen LogP contribution in [-0.2, 0) is 0 Å². The number of nitrogens with two attached hydrogens (primary N) is 1. The SMILES string of the molecule is N[C@H](CS)CCCCCCCOc1ccccc1. The molecule has 3 heteroatoms. The first kappa shape index (κ1) is 15.4. The second-order valence-electron chi connectivity index (χ2n) is 4.66. The Balaban J connectivity index is 1.87. The van der Waals surface area contributed by atoms with Gasteiger partial charge in [0, 0.05) is 11.8 Å². The Bertz CT molecular complexity index is 292. The lowest BCUT2D eigenvalue weighted by Gasteiger charge is -2.08. The third kappa shape index (κ3) is 7.62. The summed E-state index contributed by atoms with van der Waals surface area (Å²) < 4.78 is 5.64. The van der Waals surface area contributed by atoms with Crippen molar-refractivity contribution in [2.75, 3.05) is 12.4 Å². The fourth-order valence-electron chi connectivity index (χ4n) is 1.84. The normalized spacial score (nSPS) is 12.3. The van der Waals surface area contributed by atoms with E-state index in [9.17, 15) is 0 Å². The van der Waals surface area contributed by atoms with Crippen LogP contribution >= 0.6 is 12.6 Å². The van der Waals surface area contributed by atoms with Gasteiger partial charge in [-0.05, 0) is 25.0 Å². The summed E-state index contributed by atoms with van der Waals surface area (Å²) in [5.74, 6) is 1.77. The molecule has 0 radical (unpaired) electrons. The van der Waals surface area contributed by atoms with Gasteiger partial charge in [0.15, 0.2) is 0 Å². The molecule has 18 heavy (non-hydrogen) atoms. The maximum Gasteiger partial charge on any atom is 0.119 e. The topological polar surface area (TPSA) is 35.2 Å². The van der Waals surface area contributed by atoms with Crippen LogP contribution in [-0.4, -0.2) is 18.4 Å². The third-order valence-electron chi connectivity index (χ3n) is 2.97. The highest BCUT2D eigenvalue weighted by molar-refractivity contribution is 7.80. The molecule has 1 atom stereocenters. The summed E-state index contributed by atoms with van der Waals surface area (Å²) in [7, 11) is 0. The number of benzene rings is 1. The van der Waals surface area contributed by atoms with Gasteiger partial charge in [0.25, 0.3) is 0 Å². The average molecular weight is 267 g/mol. The molecule has 2 nitrogen and oxygen atoms in total. The summed E-state index contributed by atoms with van der Waals surface area (Å²) >= 11 is 4.18. The number of thiol groups is 1. The molecule has 0 fully saturated rings. The van der Waals surface area contributed by atoms with Crippen LogP contribution in [0.3, 0.4) is 0 Å². The minimum absolute atomic E-state index is 0.273. The molecule has 0 bridgehead atoms. The van der Waals surface area contributed by atoms with Gasteiger partial charge in [-0.2, -0.15) is 12.6 Å². The van der Waals surface area contributed by atoms with Crippen LogP contribution < -0.4 is 10.5 Å². The van der Waals surface area contributed by atoms with Crippen LogP contribution in [0.25, 0.3) is 0 Å². The van der Waals surface area contributed by atoms with Crippen LogP contribution in [0.4, 0.5) is 0 Å². The summed E-state index contributed by atoms with van der Waals surface area (Å²) in [5.41, 5.74) is 5.80. The van der Waals surface area contributed by atoms with Crippen LogP contribution in [0.1, 0.15) is 38.5 Å². The Morgan fingerprint density at radius 3 is 2.39 bits per heavy atom. The van der Waals surface area contributed by atoms with Crippen molar-refractivity contribution in [2.45, 2.75) is 44.6 Å². The van der Waals surface area contributed by atoms with Gasteiger partial charge in [-0.3, -0.25) is 0 Å². The molecule has 1 aromatic carbocycles. The summed E-state index contributed by atoms with van der Waals surface area (Å²) in [6.45, 7) is 0.820. The number of ether oxygens (including phenoxy) is 1. The lowest BCUT2D eigenvalue weighted by Crippen LogP contribution is -2.21. The van der Waals surface area contributed by atoms with E-state index in [4.69, 9.17) is 10.5 Å². The van der Waals surface area contributed by atoms with Crippen LogP contribution in [0.5, 0.6) is 5.75 Å². The van der Waals surface area contributed by atoms with Crippen LogP contribution in [0.2, 0.25) is 0 Å². The predicted octanol–water partition coefficient (Wildman–Crippen LogP) is 3.66. The zero-order valence-corrected chi connectivity index (χ0v) is 11.9. The monoisotopic (exact) mass is 267 g/mol. The highest BCUT2D eigenvalue weighted by atomic mass is 32.1. The molecule has 0 unspecified atom stereocenters. The van der Waals surface area contributed by atoms with Gasteiger partial charge < -0.3 is 10.5 Å². The Morgan fingerprint density at radius 1 is 1.00 bits per heavy atom. The minimum Gasteiger partial charge on any atom is -0.494 e. The van der Waals surface area contributed by atoms with E-state index in [0.29, 0.717) is 0 Å². The fourth-order valence-corrected chi connectivity index (χ4v) is 2.02. The molecule has 0 spiro atoms. The molecule has 0 heterocycles.